The van der Waals surface area contributed by atoms with Crippen LogP contribution in [0.15, 0.2) is 22.0 Å². The van der Waals surface area contributed by atoms with Gasteiger partial charge in [-0.1, -0.05) is 11.2 Å². The molecule has 0 bridgehead atoms. The fraction of sp³-hybridized carbons (Fsp3) is 0.462. The molecule has 0 saturated carbocycles. The third kappa shape index (κ3) is 2.46. The van der Waals surface area contributed by atoms with Crippen molar-refractivity contribution in [2.75, 3.05) is 6.54 Å². The van der Waals surface area contributed by atoms with E-state index in [1.54, 1.807) is 11.3 Å². The Labute approximate surface area is 120 Å². The maximum Gasteiger partial charge on any atom is 0.308 e. The molecule has 106 valence electrons. The number of carboxylic acid groups (broad SMARTS) is 1. The molecule has 1 aliphatic heterocycles. The van der Waals surface area contributed by atoms with Crippen LogP contribution >= 0.6 is 11.3 Å². The molecule has 20 heavy (non-hydrogen) atoms. The molecule has 0 amide bonds. The van der Waals surface area contributed by atoms with Gasteiger partial charge in [0.05, 0.1) is 17.3 Å². The van der Waals surface area contributed by atoms with Gasteiger partial charge in [-0.2, -0.15) is 4.98 Å². The number of carbonyl (C=O) groups is 1. The van der Waals surface area contributed by atoms with E-state index in [-0.39, 0.29) is 12.0 Å². The standard InChI is InChI=1S/C13H15N3O3S/c1-8-9(13(17)18)4-5-16(8)7-11-14-12(15-19-11)10-3-2-6-20-10/h2-3,6,8-9H,4-5,7H2,1H3,(H,17,18). The van der Waals surface area contributed by atoms with Gasteiger partial charge in [-0.05, 0) is 31.3 Å². The number of carboxylic acids is 1. The normalized spacial score (nSPS) is 23.2. The summed E-state index contributed by atoms with van der Waals surface area (Å²) in [5.74, 6) is 0.0856. The molecule has 1 aliphatic rings. The van der Waals surface area contributed by atoms with E-state index in [9.17, 15) is 4.79 Å². The Morgan fingerprint density at radius 2 is 2.50 bits per heavy atom. The van der Waals surface area contributed by atoms with Crippen LogP contribution in [0.4, 0.5) is 0 Å². The van der Waals surface area contributed by atoms with Crippen LogP contribution in [-0.4, -0.2) is 38.7 Å². The smallest absolute Gasteiger partial charge is 0.308 e. The minimum atomic E-state index is -0.732. The second kappa shape index (κ2) is 5.34. The van der Waals surface area contributed by atoms with Crippen molar-refractivity contribution in [2.45, 2.75) is 25.9 Å². The van der Waals surface area contributed by atoms with Gasteiger partial charge in [0, 0.05) is 6.04 Å². The number of hydrogen-bond donors (Lipinski definition) is 1. The van der Waals surface area contributed by atoms with E-state index in [1.165, 1.54) is 0 Å². The highest BCUT2D eigenvalue weighted by Crippen LogP contribution is 2.27. The Bertz CT molecular complexity index is 596. The minimum absolute atomic E-state index is 0.00964. The van der Waals surface area contributed by atoms with Gasteiger partial charge in [0.25, 0.3) is 0 Å². The lowest BCUT2D eigenvalue weighted by Gasteiger charge is -2.20. The molecule has 6 nitrogen and oxygen atoms in total. The van der Waals surface area contributed by atoms with Gasteiger partial charge in [-0.25, -0.2) is 0 Å². The molecule has 3 rings (SSSR count). The number of likely N-dealkylation sites (tertiary alicyclic amines) is 1. The maximum absolute atomic E-state index is 11.1. The molecule has 7 heteroatoms. The molecule has 3 heterocycles. The highest BCUT2D eigenvalue weighted by molar-refractivity contribution is 7.13. The van der Waals surface area contributed by atoms with Gasteiger partial charge in [0.15, 0.2) is 0 Å². The molecular weight excluding hydrogens is 278 g/mol. The second-order valence-corrected chi connectivity index (χ2v) is 5.88. The van der Waals surface area contributed by atoms with E-state index in [0.29, 0.717) is 24.7 Å². The first kappa shape index (κ1) is 13.3. The van der Waals surface area contributed by atoms with Crippen molar-refractivity contribution >= 4 is 17.3 Å². The first-order valence-corrected chi connectivity index (χ1v) is 7.36. The van der Waals surface area contributed by atoms with Gasteiger partial charge in [-0.15, -0.1) is 11.3 Å². The molecule has 2 aromatic heterocycles. The van der Waals surface area contributed by atoms with Crippen LogP contribution in [0, 0.1) is 5.92 Å². The molecule has 2 aromatic rings. The SMILES string of the molecule is CC1C(C(=O)O)CCN1Cc1nc(-c2cccs2)no1. The quantitative estimate of drug-likeness (QED) is 0.930. The largest absolute Gasteiger partial charge is 0.481 e. The Balaban J connectivity index is 1.69. The van der Waals surface area contributed by atoms with Gasteiger partial charge in [0.2, 0.25) is 11.7 Å². The average Bonchev–Trinajstić information content (AvgIpc) is 3.12. The molecule has 0 aromatic carbocycles. The van der Waals surface area contributed by atoms with E-state index >= 15 is 0 Å². The van der Waals surface area contributed by atoms with Crippen molar-refractivity contribution in [1.82, 2.24) is 15.0 Å². The number of aliphatic carboxylic acids is 1. The Morgan fingerprint density at radius 3 is 3.15 bits per heavy atom. The summed E-state index contributed by atoms with van der Waals surface area (Å²) in [5, 5.41) is 15.0. The van der Waals surface area contributed by atoms with Crippen molar-refractivity contribution in [2.24, 2.45) is 5.92 Å². The van der Waals surface area contributed by atoms with Crippen LogP contribution in [0.25, 0.3) is 10.7 Å². The predicted molar refractivity (Wildman–Crippen MR) is 73.2 cm³/mol. The van der Waals surface area contributed by atoms with Crippen molar-refractivity contribution in [3.05, 3.63) is 23.4 Å². The Morgan fingerprint density at radius 1 is 1.65 bits per heavy atom. The number of hydrogen-bond acceptors (Lipinski definition) is 6. The first-order chi connectivity index (χ1) is 9.65. The molecular formula is C13H15N3O3S. The van der Waals surface area contributed by atoms with Crippen molar-refractivity contribution in [1.29, 1.82) is 0 Å². The molecule has 2 unspecified atom stereocenters. The van der Waals surface area contributed by atoms with Crippen molar-refractivity contribution in [3.8, 4) is 10.7 Å². The molecule has 0 spiro atoms. The van der Waals surface area contributed by atoms with Crippen LogP contribution in [0.3, 0.4) is 0 Å². The maximum atomic E-state index is 11.1. The topological polar surface area (TPSA) is 79.5 Å². The van der Waals surface area contributed by atoms with Gasteiger partial charge >= 0.3 is 5.97 Å². The molecule has 2 atom stereocenters. The molecule has 1 saturated heterocycles. The zero-order valence-corrected chi connectivity index (χ0v) is 11.8. The third-order valence-corrected chi connectivity index (χ3v) is 4.62. The average molecular weight is 293 g/mol. The monoisotopic (exact) mass is 293 g/mol. The molecule has 0 radical (unpaired) electrons. The van der Waals surface area contributed by atoms with Crippen LogP contribution < -0.4 is 0 Å². The van der Waals surface area contributed by atoms with Crippen molar-refractivity contribution < 1.29 is 14.4 Å². The van der Waals surface area contributed by atoms with E-state index in [4.69, 9.17) is 9.63 Å². The summed E-state index contributed by atoms with van der Waals surface area (Å²) in [4.78, 5) is 18.5. The van der Waals surface area contributed by atoms with E-state index < -0.39 is 5.97 Å². The lowest BCUT2D eigenvalue weighted by molar-refractivity contribution is -0.142. The number of aromatic nitrogens is 2. The Kier molecular flexibility index (Phi) is 3.54. The summed E-state index contributed by atoms with van der Waals surface area (Å²) < 4.78 is 5.25. The highest BCUT2D eigenvalue weighted by Gasteiger charge is 2.36. The van der Waals surface area contributed by atoms with Gasteiger partial charge in [-0.3, -0.25) is 9.69 Å². The summed E-state index contributed by atoms with van der Waals surface area (Å²) in [6.45, 7) is 3.18. The van der Waals surface area contributed by atoms with E-state index in [0.717, 1.165) is 11.4 Å². The summed E-state index contributed by atoms with van der Waals surface area (Å²) >= 11 is 1.56. The number of thiophene rings is 1. The zero-order chi connectivity index (χ0) is 14.1. The van der Waals surface area contributed by atoms with Crippen molar-refractivity contribution in [3.63, 3.8) is 0 Å². The molecule has 1 N–H and O–H groups in total. The summed E-state index contributed by atoms with van der Waals surface area (Å²) in [6, 6.07) is 3.87. The Hall–Kier alpha value is -1.73. The van der Waals surface area contributed by atoms with Gasteiger partial charge < -0.3 is 9.63 Å². The van der Waals surface area contributed by atoms with Crippen LogP contribution in [0.1, 0.15) is 19.2 Å². The summed E-state index contributed by atoms with van der Waals surface area (Å²) in [5.41, 5.74) is 0. The van der Waals surface area contributed by atoms with Crippen LogP contribution in [-0.2, 0) is 11.3 Å². The number of nitrogens with zero attached hydrogens (tertiary/aromatic N) is 3. The lowest BCUT2D eigenvalue weighted by atomic mass is 10.0. The summed E-state index contributed by atoms with van der Waals surface area (Å²) in [7, 11) is 0. The highest BCUT2D eigenvalue weighted by atomic mass is 32.1. The minimum Gasteiger partial charge on any atom is -0.481 e. The lowest BCUT2D eigenvalue weighted by Crippen LogP contribution is -2.32. The van der Waals surface area contributed by atoms with Gasteiger partial charge in [0.1, 0.15) is 0 Å². The predicted octanol–water partition coefficient (Wildman–Crippen LogP) is 2.09. The van der Waals surface area contributed by atoms with E-state index in [2.05, 4.69) is 15.0 Å². The first-order valence-electron chi connectivity index (χ1n) is 6.48. The third-order valence-electron chi connectivity index (χ3n) is 3.75. The van der Waals surface area contributed by atoms with Crippen LogP contribution in [0.5, 0.6) is 0 Å². The second-order valence-electron chi connectivity index (χ2n) is 4.93. The fourth-order valence-corrected chi connectivity index (χ4v) is 3.20. The van der Waals surface area contributed by atoms with E-state index in [1.807, 2.05) is 24.4 Å². The number of rotatable bonds is 4. The summed E-state index contributed by atoms with van der Waals surface area (Å²) in [6.07, 6.45) is 0.669. The fourth-order valence-electron chi connectivity index (χ4n) is 2.56. The molecule has 0 aliphatic carbocycles. The molecule has 1 fully saturated rings. The van der Waals surface area contributed by atoms with Crippen LogP contribution in [0.2, 0.25) is 0 Å². The zero-order valence-electron chi connectivity index (χ0n) is 11.0.